The van der Waals surface area contributed by atoms with Gasteiger partial charge < -0.3 is 4.74 Å². The Morgan fingerprint density at radius 1 is 1.36 bits per heavy atom. The van der Waals surface area contributed by atoms with Crippen LogP contribution in [0, 0.1) is 0 Å². The van der Waals surface area contributed by atoms with Crippen LogP contribution in [0.1, 0.15) is 23.7 Å². The fraction of sp³-hybridized carbons (Fsp3) is 0.250. The summed E-state index contributed by atoms with van der Waals surface area (Å²) >= 11 is 0. The van der Waals surface area contributed by atoms with E-state index in [1.54, 1.807) is 37.5 Å². The first-order chi connectivity index (χ1) is 6.77. The van der Waals surface area contributed by atoms with Gasteiger partial charge in [-0.15, -0.1) is 0 Å². The van der Waals surface area contributed by atoms with Gasteiger partial charge in [-0.05, 0) is 36.8 Å². The van der Waals surface area contributed by atoms with Gasteiger partial charge in [0.1, 0.15) is 5.75 Å². The maximum absolute atomic E-state index is 11.5. The Labute approximate surface area is 84.2 Å². The summed E-state index contributed by atoms with van der Waals surface area (Å²) in [6.45, 7) is 2.00. The van der Waals surface area contributed by atoms with Crippen molar-refractivity contribution in [2.45, 2.75) is 13.3 Å². The second kappa shape index (κ2) is 5.22. The van der Waals surface area contributed by atoms with Gasteiger partial charge in [0.15, 0.2) is 5.78 Å². The van der Waals surface area contributed by atoms with Crippen LogP contribution in [0.3, 0.4) is 0 Å². The van der Waals surface area contributed by atoms with Crippen molar-refractivity contribution < 1.29 is 9.53 Å². The SMILES string of the molecule is CCC=CC(=O)c1ccc(OC)cc1. The second-order valence-corrected chi connectivity index (χ2v) is 2.90. The number of hydrogen-bond donors (Lipinski definition) is 0. The molecular formula is C12H14O2. The van der Waals surface area contributed by atoms with Crippen molar-refractivity contribution in [2.75, 3.05) is 7.11 Å². The molecule has 1 aromatic rings. The number of carbonyl (C=O) groups excluding carboxylic acids is 1. The zero-order chi connectivity index (χ0) is 10.4. The van der Waals surface area contributed by atoms with Crippen molar-refractivity contribution in [1.29, 1.82) is 0 Å². The highest BCUT2D eigenvalue weighted by Crippen LogP contribution is 2.11. The standard InChI is InChI=1S/C12H14O2/c1-3-4-5-12(13)10-6-8-11(14-2)9-7-10/h4-9H,3H2,1-2H3. The zero-order valence-corrected chi connectivity index (χ0v) is 8.49. The lowest BCUT2D eigenvalue weighted by Crippen LogP contribution is -1.93. The average Bonchev–Trinajstić information content (AvgIpc) is 2.26. The minimum Gasteiger partial charge on any atom is -0.497 e. The van der Waals surface area contributed by atoms with Crippen molar-refractivity contribution in [2.24, 2.45) is 0 Å². The Hall–Kier alpha value is -1.57. The Kier molecular flexibility index (Phi) is 3.92. The summed E-state index contributed by atoms with van der Waals surface area (Å²) in [5, 5.41) is 0. The number of rotatable bonds is 4. The van der Waals surface area contributed by atoms with E-state index >= 15 is 0 Å². The molecule has 0 N–H and O–H groups in total. The molecule has 0 aliphatic carbocycles. The minimum absolute atomic E-state index is 0.0366. The predicted molar refractivity (Wildman–Crippen MR) is 56.8 cm³/mol. The summed E-state index contributed by atoms with van der Waals surface area (Å²) in [4.78, 5) is 11.5. The summed E-state index contributed by atoms with van der Waals surface area (Å²) in [5.41, 5.74) is 0.690. The van der Waals surface area contributed by atoms with Crippen LogP contribution in [0.25, 0.3) is 0 Å². The van der Waals surface area contributed by atoms with Crippen LogP contribution in [-0.2, 0) is 0 Å². The Bertz CT molecular complexity index is 323. The van der Waals surface area contributed by atoms with Crippen molar-refractivity contribution in [3.05, 3.63) is 42.0 Å². The van der Waals surface area contributed by atoms with Gasteiger partial charge in [0.05, 0.1) is 7.11 Å². The number of methoxy groups -OCH3 is 1. The summed E-state index contributed by atoms with van der Waals surface area (Å²) in [6.07, 6.45) is 4.33. The first-order valence-electron chi connectivity index (χ1n) is 4.63. The average molecular weight is 190 g/mol. The molecule has 0 saturated carbocycles. The summed E-state index contributed by atoms with van der Waals surface area (Å²) in [7, 11) is 1.60. The maximum atomic E-state index is 11.5. The summed E-state index contributed by atoms with van der Waals surface area (Å²) in [6, 6.07) is 7.10. The smallest absolute Gasteiger partial charge is 0.185 e. The number of ether oxygens (including phenoxy) is 1. The quantitative estimate of drug-likeness (QED) is 0.539. The predicted octanol–water partition coefficient (Wildman–Crippen LogP) is 2.84. The van der Waals surface area contributed by atoms with Crippen LogP contribution in [0.4, 0.5) is 0 Å². The van der Waals surface area contributed by atoms with E-state index in [-0.39, 0.29) is 5.78 Å². The van der Waals surface area contributed by atoms with Gasteiger partial charge in [0, 0.05) is 5.56 Å². The number of carbonyl (C=O) groups is 1. The Morgan fingerprint density at radius 2 is 2.00 bits per heavy atom. The van der Waals surface area contributed by atoms with Crippen LogP contribution in [-0.4, -0.2) is 12.9 Å². The second-order valence-electron chi connectivity index (χ2n) is 2.90. The van der Waals surface area contributed by atoms with Crippen LogP contribution in [0.5, 0.6) is 5.75 Å². The van der Waals surface area contributed by atoms with Gasteiger partial charge in [-0.2, -0.15) is 0 Å². The molecule has 0 amide bonds. The van der Waals surface area contributed by atoms with E-state index in [0.29, 0.717) is 5.56 Å². The molecule has 1 aromatic carbocycles. The molecule has 0 heterocycles. The largest absolute Gasteiger partial charge is 0.497 e. The molecule has 0 spiro atoms. The molecule has 0 aliphatic rings. The van der Waals surface area contributed by atoms with Crippen LogP contribution < -0.4 is 4.74 Å². The van der Waals surface area contributed by atoms with Gasteiger partial charge in [-0.3, -0.25) is 4.79 Å². The van der Waals surface area contributed by atoms with E-state index in [1.807, 2.05) is 13.0 Å². The first kappa shape index (κ1) is 10.5. The number of ketones is 1. The maximum Gasteiger partial charge on any atom is 0.185 e. The molecule has 0 atom stereocenters. The van der Waals surface area contributed by atoms with Crippen LogP contribution in [0.2, 0.25) is 0 Å². The third-order valence-electron chi connectivity index (χ3n) is 1.88. The minimum atomic E-state index is 0.0366. The molecule has 0 bridgehead atoms. The van der Waals surface area contributed by atoms with Gasteiger partial charge in [-0.1, -0.05) is 13.0 Å². The molecule has 0 radical (unpaired) electrons. The van der Waals surface area contributed by atoms with E-state index in [4.69, 9.17) is 4.74 Å². The van der Waals surface area contributed by atoms with Crippen LogP contribution >= 0.6 is 0 Å². The van der Waals surface area contributed by atoms with E-state index in [0.717, 1.165) is 12.2 Å². The lowest BCUT2D eigenvalue weighted by Gasteiger charge is -1.99. The van der Waals surface area contributed by atoms with Crippen molar-refractivity contribution in [3.63, 3.8) is 0 Å². The molecule has 2 nitrogen and oxygen atoms in total. The van der Waals surface area contributed by atoms with Gasteiger partial charge in [0.2, 0.25) is 0 Å². The third-order valence-corrected chi connectivity index (χ3v) is 1.88. The van der Waals surface area contributed by atoms with Crippen molar-refractivity contribution in [1.82, 2.24) is 0 Å². The molecule has 1 rings (SSSR count). The third kappa shape index (κ3) is 2.73. The van der Waals surface area contributed by atoms with Crippen molar-refractivity contribution in [3.8, 4) is 5.75 Å². The van der Waals surface area contributed by atoms with E-state index in [1.165, 1.54) is 0 Å². The first-order valence-corrected chi connectivity index (χ1v) is 4.63. The molecule has 0 saturated heterocycles. The lowest BCUT2D eigenvalue weighted by atomic mass is 10.1. The number of allylic oxidation sites excluding steroid dienone is 2. The van der Waals surface area contributed by atoms with Gasteiger partial charge in [-0.25, -0.2) is 0 Å². The van der Waals surface area contributed by atoms with E-state index in [2.05, 4.69) is 0 Å². The Morgan fingerprint density at radius 3 is 2.50 bits per heavy atom. The zero-order valence-electron chi connectivity index (χ0n) is 8.49. The highest BCUT2D eigenvalue weighted by molar-refractivity contribution is 6.04. The molecular weight excluding hydrogens is 176 g/mol. The topological polar surface area (TPSA) is 26.3 Å². The number of benzene rings is 1. The molecule has 0 aromatic heterocycles. The van der Waals surface area contributed by atoms with Gasteiger partial charge >= 0.3 is 0 Å². The lowest BCUT2D eigenvalue weighted by molar-refractivity contribution is 0.104. The molecule has 0 unspecified atom stereocenters. The van der Waals surface area contributed by atoms with Gasteiger partial charge in [0.25, 0.3) is 0 Å². The monoisotopic (exact) mass is 190 g/mol. The fourth-order valence-corrected chi connectivity index (χ4v) is 1.08. The van der Waals surface area contributed by atoms with Crippen LogP contribution in [0.15, 0.2) is 36.4 Å². The van der Waals surface area contributed by atoms with E-state index in [9.17, 15) is 4.79 Å². The van der Waals surface area contributed by atoms with E-state index < -0.39 is 0 Å². The fourth-order valence-electron chi connectivity index (χ4n) is 1.08. The molecule has 0 fully saturated rings. The molecule has 2 heteroatoms. The molecule has 74 valence electrons. The highest BCUT2D eigenvalue weighted by Gasteiger charge is 2.00. The Balaban J connectivity index is 2.76. The van der Waals surface area contributed by atoms with Crippen molar-refractivity contribution >= 4 is 5.78 Å². The number of hydrogen-bond acceptors (Lipinski definition) is 2. The molecule has 14 heavy (non-hydrogen) atoms. The molecule has 0 aliphatic heterocycles. The normalized spacial score (nSPS) is 10.4. The summed E-state index contributed by atoms with van der Waals surface area (Å²) < 4.78 is 5.00. The summed E-state index contributed by atoms with van der Waals surface area (Å²) in [5.74, 6) is 0.801. The highest BCUT2D eigenvalue weighted by atomic mass is 16.5.